The number of aliphatic hydroxyl groups excluding tert-OH is 2. The van der Waals surface area contributed by atoms with Crippen molar-refractivity contribution < 1.29 is 24.5 Å². The van der Waals surface area contributed by atoms with Gasteiger partial charge in [-0.3, -0.25) is 9.59 Å². The van der Waals surface area contributed by atoms with Gasteiger partial charge in [-0.2, -0.15) is 0 Å². The number of carbonyl (C=O) groups is 2. The molecule has 1 aliphatic carbocycles. The maximum Gasteiger partial charge on any atom is 0.309 e. The molecule has 1 aromatic heterocycles. The lowest BCUT2D eigenvalue weighted by molar-refractivity contribution is -0.156. The van der Waals surface area contributed by atoms with Gasteiger partial charge in [0.05, 0.1) is 39.3 Å². The Bertz CT molecular complexity index is 1170. The van der Waals surface area contributed by atoms with Crippen LogP contribution >= 0.6 is 11.3 Å². The second kappa shape index (κ2) is 9.99. The molecule has 6 nitrogen and oxygen atoms in total. The summed E-state index contributed by atoms with van der Waals surface area (Å²) in [6.45, 7) is 11.1. The molecule has 1 aliphatic heterocycles. The van der Waals surface area contributed by atoms with Crippen molar-refractivity contribution in [2.45, 2.75) is 85.5 Å². The van der Waals surface area contributed by atoms with Gasteiger partial charge in [0.1, 0.15) is 11.9 Å². The minimum Gasteiger partial charge on any atom is -0.457 e. The van der Waals surface area contributed by atoms with E-state index in [0.717, 1.165) is 33.6 Å². The molecule has 2 heterocycles. The maximum atomic E-state index is 13.3. The number of thiazole rings is 1. The molecule has 2 N–H and O–H groups in total. The van der Waals surface area contributed by atoms with E-state index in [-0.39, 0.29) is 23.5 Å². The molecular formula is C29H39NO5S. The number of aliphatic hydroxyl groups is 2. The van der Waals surface area contributed by atoms with Crippen molar-refractivity contribution in [2.75, 3.05) is 0 Å². The van der Waals surface area contributed by atoms with Crippen LogP contribution in [0.2, 0.25) is 0 Å². The maximum absolute atomic E-state index is 13.3. The van der Waals surface area contributed by atoms with Gasteiger partial charge in [-0.05, 0) is 55.2 Å². The van der Waals surface area contributed by atoms with Gasteiger partial charge in [0.15, 0.2) is 0 Å². The number of aryl methyl sites for hydroxylation is 1. The first-order valence-electron chi connectivity index (χ1n) is 13.0. The smallest absolute Gasteiger partial charge is 0.309 e. The summed E-state index contributed by atoms with van der Waals surface area (Å²) in [4.78, 5) is 30.9. The number of nitrogens with zero attached hydrogens (tertiary/aromatic N) is 1. The summed E-state index contributed by atoms with van der Waals surface area (Å²) < 4.78 is 7.09. The Balaban J connectivity index is 1.65. The van der Waals surface area contributed by atoms with E-state index in [0.29, 0.717) is 12.3 Å². The molecule has 0 spiro atoms. The molecule has 1 aromatic carbocycles. The molecule has 0 amide bonds. The zero-order chi connectivity index (χ0) is 26.4. The Hall–Kier alpha value is -2.09. The number of carbonyl (C=O) groups excluding carboxylic acids is 2. The van der Waals surface area contributed by atoms with Gasteiger partial charge >= 0.3 is 5.97 Å². The van der Waals surface area contributed by atoms with Gasteiger partial charge in [0.25, 0.3) is 0 Å². The molecule has 1 saturated carbocycles. The predicted molar refractivity (Wildman–Crippen MR) is 142 cm³/mol. The van der Waals surface area contributed by atoms with Crippen molar-refractivity contribution in [1.29, 1.82) is 0 Å². The second-order valence-electron chi connectivity index (χ2n) is 11.8. The molecule has 7 atom stereocenters. The number of allylic oxidation sites excluding steroid dienone is 1. The highest BCUT2D eigenvalue weighted by atomic mass is 32.1. The third-order valence-corrected chi connectivity index (χ3v) is 9.47. The number of hydrogen-bond donors (Lipinski definition) is 2. The van der Waals surface area contributed by atoms with Crippen LogP contribution in [0.25, 0.3) is 10.2 Å². The van der Waals surface area contributed by atoms with Crippen LogP contribution in [0.3, 0.4) is 0 Å². The van der Waals surface area contributed by atoms with Crippen LogP contribution in [0.5, 0.6) is 0 Å². The summed E-state index contributed by atoms with van der Waals surface area (Å²) >= 11 is 1.63. The minimum atomic E-state index is -1.22. The van der Waals surface area contributed by atoms with Gasteiger partial charge in [-0.25, -0.2) is 4.98 Å². The first-order valence-corrected chi connectivity index (χ1v) is 13.8. The first kappa shape index (κ1) is 27.0. The summed E-state index contributed by atoms with van der Waals surface area (Å²) in [7, 11) is 0. The van der Waals surface area contributed by atoms with Crippen LogP contribution in [0, 0.1) is 35.5 Å². The molecule has 2 aromatic rings. The second-order valence-corrected chi connectivity index (χ2v) is 13.0. The molecule has 0 radical (unpaired) electrons. The van der Waals surface area contributed by atoms with E-state index >= 15 is 0 Å². The number of aromatic nitrogens is 1. The molecule has 2 aliphatic rings. The van der Waals surface area contributed by atoms with Crippen molar-refractivity contribution in [1.82, 2.24) is 4.98 Å². The lowest BCUT2D eigenvalue weighted by atomic mass is 9.73. The average molecular weight is 514 g/mol. The fraction of sp³-hybridized carbons (Fsp3) is 0.621. The Morgan fingerprint density at radius 1 is 1.14 bits per heavy atom. The van der Waals surface area contributed by atoms with E-state index in [9.17, 15) is 19.8 Å². The molecule has 1 fully saturated rings. The topological polar surface area (TPSA) is 96.7 Å². The highest BCUT2D eigenvalue weighted by Crippen LogP contribution is 2.59. The van der Waals surface area contributed by atoms with Crippen LogP contribution < -0.4 is 0 Å². The molecule has 2 unspecified atom stereocenters. The fourth-order valence-corrected chi connectivity index (χ4v) is 6.35. The Kier molecular flexibility index (Phi) is 7.48. The van der Waals surface area contributed by atoms with Crippen molar-refractivity contribution in [3.05, 3.63) is 40.9 Å². The summed E-state index contributed by atoms with van der Waals surface area (Å²) in [5.41, 5.74) is 0.699. The van der Waals surface area contributed by atoms with Crippen LogP contribution in [0.4, 0.5) is 0 Å². The van der Waals surface area contributed by atoms with Crippen molar-refractivity contribution in [3.63, 3.8) is 0 Å². The van der Waals surface area contributed by atoms with Crippen molar-refractivity contribution >= 4 is 33.3 Å². The third kappa shape index (κ3) is 5.43. The van der Waals surface area contributed by atoms with E-state index in [4.69, 9.17) is 4.74 Å². The Morgan fingerprint density at radius 3 is 2.58 bits per heavy atom. The average Bonchev–Trinajstić information content (AvgIpc) is 3.28. The van der Waals surface area contributed by atoms with Gasteiger partial charge < -0.3 is 14.9 Å². The molecule has 4 rings (SSSR count). The predicted octanol–water partition coefficient (Wildman–Crippen LogP) is 5.54. The summed E-state index contributed by atoms with van der Waals surface area (Å²) in [5.74, 6) is -1.28. The van der Waals surface area contributed by atoms with Crippen LogP contribution in [0.15, 0.2) is 30.4 Å². The van der Waals surface area contributed by atoms with Gasteiger partial charge in [-0.15, -0.1) is 11.3 Å². The van der Waals surface area contributed by atoms with Crippen molar-refractivity contribution in [3.8, 4) is 0 Å². The molecular weight excluding hydrogens is 474 g/mol. The lowest BCUT2D eigenvalue weighted by Gasteiger charge is -2.34. The SMILES string of the molecule is Cc1nc2cc([C@@H]3CC4CC4(C)CC=C[C@H](C)[C@H](O)[C@@H](C)C(=O)C(C)(C)[C@@H](O)CC(=O)O3)ccc2s1. The van der Waals surface area contributed by atoms with Crippen LogP contribution in [0.1, 0.15) is 77.0 Å². The number of hydrogen-bond acceptors (Lipinski definition) is 7. The third-order valence-electron chi connectivity index (χ3n) is 8.52. The number of Topliss-reactive ketones (excluding diaryl/α,β-unsaturated/α-hetero) is 1. The van der Waals surface area contributed by atoms with E-state index in [1.807, 2.05) is 38.1 Å². The number of ether oxygens (including phenoxy) is 1. The monoisotopic (exact) mass is 513 g/mol. The van der Waals surface area contributed by atoms with E-state index in [1.165, 1.54) is 0 Å². The lowest BCUT2D eigenvalue weighted by Crippen LogP contribution is -2.45. The molecule has 0 saturated heterocycles. The van der Waals surface area contributed by atoms with Crippen molar-refractivity contribution in [2.24, 2.45) is 28.6 Å². The number of cyclic esters (lactones) is 1. The highest BCUT2D eigenvalue weighted by molar-refractivity contribution is 7.18. The standard InChI is InChI=1S/C29H39NO5S/c1-16-8-7-11-29(6)15-20(29)13-22(19-9-10-23-21(12-19)30-18(3)36-23)35-25(32)14-24(31)28(4,5)27(34)17(2)26(16)33/h7-10,12,16-17,20,22,24,26,31,33H,11,13-15H2,1-6H3/t16-,17+,20?,22-,24-,26-,29?/m0/s1. The normalized spacial score (nSPS) is 35.9. The number of esters is 1. The largest absolute Gasteiger partial charge is 0.457 e. The summed E-state index contributed by atoms with van der Waals surface area (Å²) in [6.07, 6.45) is 3.89. The number of benzene rings is 1. The summed E-state index contributed by atoms with van der Waals surface area (Å²) in [5, 5.41) is 22.7. The number of ketones is 1. The minimum absolute atomic E-state index is 0.104. The zero-order valence-electron chi connectivity index (χ0n) is 22.2. The molecule has 36 heavy (non-hydrogen) atoms. The van der Waals surface area contributed by atoms with Gasteiger partial charge in [-0.1, -0.05) is 52.8 Å². The first-order chi connectivity index (χ1) is 16.8. The zero-order valence-corrected chi connectivity index (χ0v) is 23.0. The van der Waals surface area contributed by atoms with E-state index < -0.39 is 35.6 Å². The Labute approximate surface area is 217 Å². The van der Waals surface area contributed by atoms with Crippen LogP contribution in [-0.2, 0) is 14.3 Å². The highest BCUT2D eigenvalue weighted by Gasteiger charge is 2.50. The van der Waals surface area contributed by atoms with Gasteiger partial charge in [0, 0.05) is 11.8 Å². The molecule has 0 bridgehead atoms. The number of fused-ring (bicyclic) bond motifs is 2. The molecule has 196 valence electrons. The number of rotatable bonds is 1. The van der Waals surface area contributed by atoms with Gasteiger partial charge in [0.2, 0.25) is 0 Å². The summed E-state index contributed by atoms with van der Waals surface area (Å²) in [6, 6.07) is 6.04. The van der Waals surface area contributed by atoms with Crippen LogP contribution in [-0.4, -0.2) is 39.2 Å². The van der Waals surface area contributed by atoms with E-state index in [1.54, 1.807) is 32.1 Å². The quantitative estimate of drug-likeness (QED) is 0.384. The Morgan fingerprint density at radius 2 is 1.86 bits per heavy atom. The van der Waals surface area contributed by atoms with E-state index in [2.05, 4.69) is 18.0 Å². The molecule has 7 heteroatoms. The fourth-order valence-electron chi connectivity index (χ4n) is 5.54.